The molecule has 8 heteroatoms. The van der Waals surface area contributed by atoms with Crippen molar-refractivity contribution in [3.63, 3.8) is 0 Å². The van der Waals surface area contributed by atoms with E-state index in [1.807, 2.05) is 31.2 Å². The maximum atomic E-state index is 12.4. The number of rotatable bonds is 9. The van der Waals surface area contributed by atoms with Crippen LogP contribution < -0.4 is 5.32 Å². The van der Waals surface area contributed by atoms with E-state index in [1.54, 1.807) is 13.8 Å². The number of carbonyl (C=O) groups is 2. The molecule has 0 saturated heterocycles. The van der Waals surface area contributed by atoms with E-state index in [4.69, 9.17) is 9.47 Å². The monoisotopic (exact) mass is 414 g/mol. The Labute approximate surface area is 175 Å². The van der Waals surface area contributed by atoms with Gasteiger partial charge in [-0.3, -0.25) is 10.1 Å². The lowest BCUT2D eigenvalue weighted by Gasteiger charge is -2.20. The van der Waals surface area contributed by atoms with Crippen molar-refractivity contribution in [2.75, 3.05) is 6.61 Å². The number of nitro groups is 1. The van der Waals surface area contributed by atoms with Crippen LogP contribution in [0.3, 0.4) is 0 Å². The van der Waals surface area contributed by atoms with Crippen molar-refractivity contribution >= 4 is 17.7 Å². The van der Waals surface area contributed by atoms with Crippen LogP contribution in [0.25, 0.3) is 0 Å². The lowest BCUT2D eigenvalue weighted by Crippen LogP contribution is -2.45. The van der Waals surface area contributed by atoms with Gasteiger partial charge in [0.2, 0.25) is 0 Å². The zero-order chi connectivity index (χ0) is 22.1. The second-order valence-electron chi connectivity index (χ2n) is 7.27. The van der Waals surface area contributed by atoms with Crippen LogP contribution in [0.2, 0.25) is 0 Å². The molecular weight excluding hydrogens is 388 g/mol. The van der Waals surface area contributed by atoms with E-state index in [0.717, 1.165) is 11.1 Å². The van der Waals surface area contributed by atoms with Crippen LogP contribution in [-0.2, 0) is 27.3 Å². The number of hydrogen-bond donors (Lipinski definition) is 1. The van der Waals surface area contributed by atoms with Gasteiger partial charge in [0.25, 0.3) is 5.69 Å². The molecule has 0 aliphatic rings. The number of non-ortho nitro benzene ring substituents is 1. The van der Waals surface area contributed by atoms with Crippen LogP contribution in [0.5, 0.6) is 0 Å². The van der Waals surface area contributed by atoms with E-state index in [9.17, 15) is 19.7 Å². The SMILES string of the molecule is Cc1ccc(CCOC(=O)NC(C(=O)OCc2ccc([N+](=O)[O-])cc2)C(C)C)cc1. The minimum absolute atomic E-state index is 0.0415. The average molecular weight is 414 g/mol. The molecule has 1 N–H and O–H groups in total. The maximum Gasteiger partial charge on any atom is 0.407 e. The Hall–Kier alpha value is -3.42. The predicted molar refractivity (Wildman–Crippen MR) is 111 cm³/mol. The molecule has 2 rings (SSSR count). The quantitative estimate of drug-likeness (QED) is 0.378. The van der Waals surface area contributed by atoms with Crippen LogP contribution >= 0.6 is 0 Å². The molecule has 8 nitrogen and oxygen atoms in total. The molecular formula is C22H26N2O6. The first-order valence-electron chi connectivity index (χ1n) is 9.65. The summed E-state index contributed by atoms with van der Waals surface area (Å²) < 4.78 is 10.4. The van der Waals surface area contributed by atoms with E-state index in [1.165, 1.54) is 24.3 Å². The lowest BCUT2D eigenvalue weighted by atomic mass is 10.1. The summed E-state index contributed by atoms with van der Waals surface area (Å²) >= 11 is 0. The van der Waals surface area contributed by atoms with Gasteiger partial charge in [-0.2, -0.15) is 0 Å². The third kappa shape index (κ3) is 7.20. The van der Waals surface area contributed by atoms with Gasteiger partial charge in [-0.05, 0) is 36.1 Å². The molecule has 0 radical (unpaired) electrons. The normalized spacial score (nSPS) is 11.6. The van der Waals surface area contributed by atoms with Crippen LogP contribution in [0.4, 0.5) is 10.5 Å². The van der Waals surface area contributed by atoms with Crippen LogP contribution in [0.15, 0.2) is 48.5 Å². The summed E-state index contributed by atoms with van der Waals surface area (Å²) in [6, 6.07) is 12.8. The smallest absolute Gasteiger partial charge is 0.407 e. The first-order valence-corrected chi connectivity index (χ1v) is 9.65. The Balaban J connectivity index is 1.81. The highest BCUT2D eigenvalue weighted by Gasteiger charge is 2.26. The molecule has 30 heavy (non-hydrogen) atoms. The van der Waals surface area contributed by atoms with Crippen LogP contribution in [0, 0.1) is 23.0 Å². The topological polar surface area (TPSA) is 108 Å². The Morgan fingerprint density at radius 2 is 1.60 bits per heavy atom. The first-order chi connectivity index (χ1) is 14.3. The standard InChI is InChI=1S/C22H26N2O6/c1-15(2)20(21(25)30-14-18-8-10-19(11-9-18)24(27)28)23-22(26)29-13-12-17-6-4-16(3)5-7-17/h4-11,15,20H,12-14H2,1-3H3,(H,23,26). The van der Waals surface area contributed by atoms with E-state index >= 15 is 0 Å². The minimum Gasteiger partial charge on any atom is -0.459 e. The largest absolute Gasteiger partial charge is 0.459 e. The molecule has 0 aliphatic carbocycles. The van der Waals surface area contributed by atoms with E-state index in [0.29, 0.717) is 12.0 Å². The molecule has 1 amide bonds. The summed E-state index contributed by atoms with van der Waals surface area (Å²) in [4.78, 5) is 34.7. The fraction of sp³-hybridized carbons (Fsp3) is 0.364. The molecule has 1 atom stereocenters. The van der Waals surface area contributed by atoms with Gasteiger partial charge in [-0.25, -0.2) is 9.59 Å². The summed E-state index contributed by atoms with van der Waals surface area (Å²) in [5.74, 6) is -0.808. The number of ether oxygens (including phenoxy) is 2. The number of nitrogens with one attached hydrogen (secondary N) is 1. The summed E-state index contributed by atoms with van der Waals surface area (Å²) in [5.41, 5.74) is 2.78. The molecule has 0 heterocycles. The number of hydrogen-bond acceptors (Lipinski definition) is 6. The molecule has 0 bridgehead atoms. The number of nitrogens with zero attached hydrogens (tertiary/aromatic N) is 1. The van der Waals surface area contributed by atoms with Gasteiger partial charge < -0.3 is 14.8 Å². The van der Waals surface area contributed by atoms with Crippen molar-refractivity contribution in [3.8, 4) is 0 Å². The zero-order valence-electron chi connectivity index (χ0n) is 17.3. The van der Waals surface area contributed by atoms with Crippen molar-refractivity contribution < 1.29 is 24.0 Å². The molecule has 0 saturated carbocycles. The summed E-state index contributed by atoms with van der Waals surface area (Å²) in [7, 11) is 0. The maximum absolute atomic E-state index is 12.4. The van der Waals surface area contributed by atoms with Gasteiger partial charge in [0.15, 0.2) is 0 Å². The second kappa shape index (κ2) is 10.9. The summed E-state index contributed by atoms with van der Waals surface area (Å²) in [6.45, 7) is 5.71. The number of aryl methyl sites for hydroxylation is 1. The molecule has 160 valence electrons. The van der Waals surface area contributed by atoms with Gasteiger partial charge in [-0.1, -0.05) is 43.7 Å². The molecule has 0 fully saturated rings. The highest BCUT2D eigenvalue weighted by molar-refractivity contribution is 5.81. The molecule has 0 aromatic heterocycles. The third-order valence-electron chi connectivity index (χ3n) is 4.47. The van der Waals surface area contributed by atoms with Gasteiger partial charge in [0.1, 0.15) is 12.6 Å². The first kappa shape index (κ1) is 22.9. The average Bonchev–Trinajstić information content (AvgIpc) is 2.71. The van der Waals surface area contributed by atoms with Crippen LogP contribution in [0.1, 0.15) is 30.5 Å². The molecule has 2 aromatic rings. The number of carbonyl (C=O) groups excluding carboxylic acids is 2. The molecule has 0 spiro atoms. The van der Waals surface area contributed by atoms with Crippen LogP contribution in [-0.4, -0.2) is 29.6 Å². The van der Waals surface area contributed by atoms with E-state index in [-0.39, 0.29) is 24.8 Å². The summed E-state index contributed by atoms with van der Waals surface area (Å²) in [6.07, 6.45) is -0.113. The fourth-order valence-corrected chi connectivity index (χ4v) is 2.64. The molecule has 2 aromatic carbocycles. The van der Waals surface area contributed by atoms with Crippen molar-refractivity contribution in [3.05, 3.63) is 75.3 Å². The summed E-state index contributed by atoms with van der Waals surface area (Å²) in [5, 5.41) is 13.2. The Kier molecular flexibility index (Phi) is 8.34. The molecule has 0 aliphatic heterocycles. The Morgan fingerprint density at radius 1 is 1.00 bits per heavy atom. The number of nitro benzene ring substituents is 1. The van der Waals surface area contributed by atoms with Gasteiger partial charge in [0.05, 0.1) is 11.5 Å². The highest BCUT2D eigenvalue weighted by Crippen LogP contribution is 2.13. The van der Waals surface area contributed by atoms with Crippen molar-refractivity contribution in [2.45, 2.75) is 39.8 Å². The van der Waals surface area contributed by atoms with Gasteiger partial charge in [-0.15, -0.1) is 0 Å². The number of esters is 1. The Morgan fingerprint density at radius 3 is 2.17 bits per heavy atom. The van der Waals surface area contributed by atoms with Crippen molar-refractivity contribution in [1.82, 2.24) is 5.32 Å². The van der Waals surface area contributed by atoms with E-state index < -0.39 is 23.0 Å². The van der Waals surface area contributed by atoms with Crippen molar-refractivity contribution in [1.29, 1.82) is 0 Å². The third-order valence-corrected chi connectivity index (χ3v) is 4.47. The highest BCUT2D eigenvalue weighted by atomic mass is 16.6. The molecule has 1 unspecified atom stereocenters. The minimum atomic E-state index is -0.866. The fourth-order valence-electron chi connectivity index (χ4n) is 2.64. The van der Waals surface area contributed by atoms with E-state index in [2.05, 4.69) is 5.32 Å². The lowest BCUT2D eigenvalue weighted by molar-refractivity contribution is -0.384. The van der Waals surface area contributed by atoms with Gasteiger partial charge in [0, 0.05) is 18.6 Å². The van der Waals surface area contributed by atoms with Crippen molar-refractivity contribution in [2.24, 2.45) is 5.92 Å². The Bertz CT molecular complexity index is 862. The predicted octanol–water partition coefficient (Wildman–Crippen LogP) is 3.94. The number of amides is 1. The zero-order valence-corrected chi connectivity index (χ0v) is 17.3. The van der Waals surface area contributed by atoms with Gasteiger partial charge >= 0.3 is 12.1 Å². The number of alkyl carbamates (subject to hydrolysis) is 1. The number of benzene rings is 2. The second-order valence-corrected chi connectivity index (χ2v) is 7.27.